The lowest BCUT2D eigenvalue weighted by molar-refractivity contribution is 0.0643. The maximum Gasteiger partial charge on any atom is 0.230 e. The van der Waals surface area contributed by atoms with E-state index in [1.807, 2.05) is 20.8 Å². The summed E-state index contributed by atoms with van der Waals surface area (Å²) >= 11 is 0. The average Bonchev–Trinajstić information content (AvgIpc) is 2.65. The second-order valence-electron chi connectivity index (χ2n) is 5.11. The first kappa shape index (κ1) is 14.5. The molecule has 0 unspecified atom stereocenters. The van der Waals surface area contributed by atoms with Gasteiger partial charge in [-0.1, -0.05) is 0 Å². The third-order valence-corrected chi connectivity index (χ3v) is 3.54. The first-order valence-electron chi connectivity index (χ1n) is 6.53. The zero-order valence-corrected chi connectivity index (χ0v) is 12.4. The van der Waals surface area contributed by atoms with Crippen LogP contribution in [0.5, 0.6) is 0 Å². The molecule has 0 saturated heterocycles. The fraction of sp³-hybridized carbons (Fsp3) is 0.467. The van der Waals surface area contributed by atoms with Gasteiger partial charge in [-0.3, -0.25) is 9.59 Å². The Morgan fingerprint density at radius 1 is 1.30 bits per heavy atom. The van der Waals surface area contributed by atoms with Crippen molar-refractivity contribution in [1.29, 1.82) is 0 Å². The highest BCUT2D eigenvalue weighted by Gasteiger charge is 2.33. The number of allylic oxidation sites excluding steroid dienone is 2. The summed E-state index contributed by atoms with van der Waals surface area (Å²) in [5.74, 6) is -0.384. The largest absolute Gasteiger partial charge is 0.492 e. The van der Waals surface area contributed by atoms with E-state index < -0.39 is 0 Å². The highest BCUT2D eigenvalue weighted by Crippen LogP contribution is 2.30. The van der Waals surface area contributed by atoms with Crippen LogP contribution >= 0.6 is 0 Å². The molecule has 1 aromatic rings. The summed E-state index contributed by atoms with van der Waals surface area (Å²) in [7, 11) is 3.17. The fourth-order valence-electron chi connectivity index (χ4n) is 2.35. The molecule has 0 fully saturated rings. The van der Waals surface area contributed by atoms with Crippen LogP contribution in [0.15, 0.2) is 11.8 Å². The minimum atomic E-state index is -0.256. The Morgan fingerprint density at radius 2 is 1.95 bits per heavy atom. The van der Waals surface area contributed by atoms with E-state index >= 15 is 0 Å². The Labute approximate surface area is 118 Å². The van der Waals surface area contributed by atoms with Crippen LogP contribution < -0.4 is 0 Å². The van der Waals surface area contributed by atoms with Crippen LogP contribution in [0.3, 0.4) is 0 Å². The minimum absolute atomic E-state index is 0.0529. The fourth-order valence-corrected chi connectivity index (χ4v) is 2.35. The number of hydrogen-bond acceptors (Lipinski definition) is 4. The van der Waals surface area contributed by atoms with E-state index in [1.165, 1.54) is 13.2 Å². The molecule has 5 heteroatoms. The third-order valence-electron chi connectivity index (χ3n) is 3.54. The Balaban J connectivity index is 2.56. The molecule has 0 radical (unpaired) electrons. The molecule has 1 heterocycles. The third kappa shape index (κ3) is 2.18. The van der Waals surface area contributed by atoms with E-state index in [-0.39, 0.29) is 23.4 Å². The molecular formula is C15H19NO4. The highest BCUT2D eigenvalue weighted by atomic mass is 16.5. The molecule has 20 heavy (non-hydrogen) atoms. The Kier molecular flexibility index (Phi) is 3.81. The summed E-state index contributed by atoms with van der Waals surface area (Å²) in [6.45, 7) is 6.05. The molecule has 0 amide bonds. The van der Waals surface area contributed by atoms with E-state index in [0.717, 1.165) is 11.3 Å². The van der Waals surface area contributed by atoms with Crippen molar-refractivity contribution in [2.75, 3.05) is 7.11 Å². The number of methoxy groups -OCH3 is 1. The molecule has 1 aromatic heterocycles. The molecule has 2 rings (SSSR count). The number of ketones is 2. The Bertz CT molecular complexity index is 608. The van der Waals surface area contributed by atoms with Gasteiger partial charge in [0.2, 0.25) is 11.6 Å². The Hall–Kier alpha value is -1.88. The average molecular weight is 277 g/mol. The summed E-state index contributed by atoms with van der Waals surface area (Å²) in [4.78, 5) is 24.6. The van der Waals surface area contributed by atoms with Crippen molar-refractivity contribution >= 4 is 11.6 Å². The Morgan fingerprint density at radius 3 is 2.50 bits per heavy atom. The number of nitrogens with zero attached hydrogens (tertiary/aromatic N) is 1. The van der Waals surface area contributed by atoms with Crippen molar-refractivity contribution in [3.63, 3.8) is 0 Å². The van der Waals surface area contributed by atoms with Crippen LogP contribution in [0.4, 0.5) is 0 Å². The molecule has 1 aliphatic carbocycles. The van der Waals surface area contributed by atoms with Crippen LogP contribution in [0.2, 0.25) is 0 Å². The topological polar surface area (TPSA) is 57.5 Å². The molecule has 0 aliphatic heterocycles. The summed E-state index contributed by atoms with van der Waals surface area (Å²) < 4.78 is 12.4. The van der Waals surface area contributed by atoms with Crippen LogP contribution in [0.25, 0.3) is 0 Å². The van der Waals surface area contributed by atoms with Gasteiger partial charge in [0.05, 0.1) is 25.4 Å². The van der Waals surface area contributed by atoms with Crippen molar-refractivity contribution in [3.05, 3.63) is 34.3 Å². The summed E-state index contributed by atoms with van der Waals surface area (Å²) in [6.07, 6.45) is 1.30. The number of fused-ring (bicyclic) bond motifs is 1. The van der Waals surface area contributed by atoms with Gasteiger partial charge in [-0.15, -0.1) is 0 Å². The van der Waals surface area contributed by atoms with E-state index in [2.05, 4.69) is 0 Å². The predicted octanol–water partition coefficient (Wildman–Crippen LogP) is 2.17. The monoisotopic (exact) mass is 277 g/mol. The van der Waals surface area contributed by atoms with Gasteiger partial charge in [0.25, 0.3) is 0 Å². The lowest BCUT2D eigenvalue weighted by atomic mass is 9.96. The van der Waals surface area contributed by atoms with Crippen molar-refractivity contribution in [3.8, 4) is 0 Å². The summed E-state index contributed by atoms with van der Waals surface area (Å²) in [5, 5.41) is 0. The smallest absolute Gasteiger partial charge is 0.230 e. The summed E-state index contributed by atoms with van der Waals surface area (Å²) in [5.41, 5.74) is 2.45. The van der Waals surface area contributed by atoms with E-state index in [4.69, 9.17) is 9.47 Å². The number of carbonyl (C=O) groups is 2. The quantitative estimate of drug-likeness (QED) is 0.846. The number of Topliss-reactive ketones (excluding diaryl/α,β-unsaturated/α-hetero) is 1. The molecule has 0 atom stereocenters. The lowest BCUT2D eigenvalue weighted by Crippen LogP contribution is -2.20. The normalized spacial score (nSPS) is 14.6. The van der Waals surface area contributed by atoms with Gasteiger partial charge in [-0.25, -0.2) is 0 Å². The van der Waals surface area contributed by atoms with E-state index in [9.17, 15) is 9.59 Å². The van der Waals surface area contributed by atoms with Crippen molar-refractivity contribution in [2.45, 2.75) is 33.5 Å². The van der Waals surface area contributed by atoms with Gasteiger partial charge >= 0.3 is 0 Å². The van der Waals surface area contributed by atoms with Crippen LogP contribution in [0.1, 0.15) is 46.0 Å². The molecule has 5 nitrogen and oxygen atoms in total. The number of rotatable bonds is 4. The van der Waals surface area contributed by atoms with Gasteiger partial charge in [0.15, 0.2) is 5.76 Å². The van der Waals surface area contributed by atoms with Gasteiger partial charge in [-0.05, 0) is 20.8 Å². The predicted molar refractivity (Wildman–Crippen MR) is 73.8 cm³/mol. The summed E-state index contributed by atoms with van der Waals surface area (Å²) in [6, 6.07) is 0. The molecule has 0 spiro atoms. The van der Waals surface area contributed by atoms with Crippen LogP contribution in [-0.2, 0) is 23.1 Å². The SMILES string of the molecule is COC1=CC(=O)c2c(c(COC(C)C)c(C)n2C)C1=O. The number of carbonyl (C=O) groups excluding carboxylic acids is 2. The number of aromatic nitrogens is 1. The van der Waals surface area contributed by atoms with Crippen molar-refractivity contribution < 1.29 is 19.1 Å². The van der Waals surface area contributed by atoms with Gasteiger partial charge in [0, 0.05) is 24.4 Å². The van der Waals surface area contributed by atoms with Gasteiger partial charge in [-0.2, -0.15) is 0 Å². The van der Waals surface area contributed by atoms with Crippen molar-refractivity contribution in [2.24, 2.45) is 7.05 Å². The molecule has 0 aromatic carbocycles. The molecule has 0 saturated carbocycles. The lowest BCUT2D eigenvalue weighted by Gasteiger charge is -2.14. The van der Waals surface area contributed by atoms with E-state index in [1.54, 1.807) is 11.6 Å². The van der Waals surface area contributed by atoms with Gasteiger partial charge < -0.3 is 14.0 Å². The molecule has 0 bridgehead atoms. The highest BCUT2D eigenvalue weighted by molar-refractivity contribution is 6.24. The first-order chi connectivity index (χ1) is 9.38. The van der Waals surface area contributed by atoms with E-state index in [0.29, 0.717) is 17.9 Å². The second kappa shape index (κ2) is 5.25. The molecule has 108 valence electrons. The molecular weight excluding hydrogens is 258 g/mol. The molecule has 1 aliphatic rings. The van der Waals surface area contributed by atoms with Crippen LogP contribution in [-0.4, -0.2) is 29.3 Å². The maximum atomic E-state index is 12.4. The zero-order valence-electron chi connectivity index (χ0n) is 12.4. The van der Waals surface area contributed by atoms with Gasteiger partial charge in [0.1, 0.15) is 5.69 Å². The van der Waals surface area contributed by atoms with Crippen LogP contribution in [0, 0.1) is 6.92 Å². The number of ether oxygens (including phenoxy) is 2. The standard InChI is InChI=1S/C15H19NO4/c1-8(2)20-7-10-9(3)16(4)14-11(17)6-12(19-5)15(18)13(10)14/h6,8H,7H2,1-5H3. The van der Waals surface area contributed by atoms with Crippen molar-refractivity contribution in [1.82, 2.24) is 4.57 Å². The maximum absolute atomic E-state index is 12.4. The zero-order chi connectivity index (χ0) is 15.0. The first-order valence-corrected chi connectivity index (χ1v) is 6.53. The molecule has 0 N–H and O–H groups in total. The second-order valence-corrected chi connectivity index (χ2v) is 5.11. The number of hydrogen-bond donors (Lipinski definition) is 0. The minimum Gasteiger partial charge on any atom is -0.492 e.